The van der Waals surface area contributed by atoms with E-state index in [0.29, 0.717) is 34.8 Å². The molecule has 0 radical (unpaired) electrons. The Kier molecular flexibility index (Phi) is 4.78. The smallest absolute Gasteiger partial charge is 0.288 e. The molecule has 6 heteroatoms. The number of hydrogen-bond donors (Lipinski definition) is 0. The van der Waals surface area contributed by atoms with E-state index in [4.69, 9.17) is 0 Å². The van der Waals surface area contributed by atoms with Gasteiger partial charge in [0.1, 0.15) is 0 Å². The van der Waals surface area contributed by atoms with Crippen molar-refractivity contribution in [1.29, 1.82) is 0 Å². The lowest BCUT2D eigenvalue weighted by molar-refractivity contribution is 0.0731. The SMILES string of the molecule is O=C(c1ccc(SC(F)F)cc1)N(Cc1cccs1)C1CC1. The Labute approximate surface area is 136 Å². The summed E-state index contributed by atoms with van der Waals surface area (Å²) >= 11 is 2.13. The Morgan fingerprint density at radius 2 is 2.00 bits per heavy atom. The van der Waals surface area contributed by atoms with Crippen LogP contribution < -0.4 is 0 Å². The molecule has 0 atom stereocenters. The van der Waals surface area contributed by atoms with Gasteiger partial charge in [0.15, 0.2) is 0 Å². The predicted octanol–water partition coefficient (Wildman–Crippen LogP) is 4.87. The van der Waals surface area contributed by atoms with Crippen LogP contribution in [0.4, 0.5) is 8.78 Å². The van der Waals surface area contributed by atoms with E-state index in [2.05, 4.69) is 0 Å². The molecule has 2 aromatic rings. The quantitative estimate of drug-likeness (QED) is 0.700. The first-order valence-corrected chi connectivity index (χ1v) is 8.77. The van der Waals surface area contributed by atoms with Crippen molar-refractivity contribution >= 4 is 29.0 Å². The molecule has 0 unspecified atom stereocenters. The van der Waals surface area contributed by atoms with Crippen LogP contribution in [0.5, 0.6) is 0 Å². The second-order valence-electron chi connectivity index (χ2n) is 5.15. The molecule has 1 saturated carbocycles. The highest BCUT2D eigenvalue weighted by molar-refractivity contribution is 7.99. The number of hydrogen-bond acceptors (Lipinski definition) is 3. The van der Waals surface area contributed by atoms with Crippen LogP contribution in [0.2, 0.25) is 0 Å². The van der Waals surface area contributed by atoms with E-state index in [1.807, 2.05) is 22.4 Å². The van der Waals surface area contributed by atoms with Crippen molar-refractivity contribution in [3.63, 3.8) is 0 Å². The van der Waals surface area contributed by atoms with Crippen LogP contribution >= 0.6 is 23.1 Å². The minimum Gasteiger partial charge on any atom is -0.331 e. The first-order chi connectivity index (χ1) is 10.6. The molecule has 0 bridgehead atoms. The summed E-state index contributed by atoms with van der Waals surface area (Å²) in [6, 6.07) is 10.8. The predicted molar refractivity (Wildman–Crippen MR) is 85.5 cm³/mol. The van der Waals surface area contributed by atoms with Crippen LogP contribution in [0.3, 0.4) is 0 Å². The van der Waals surface area contributed by atoms with Gasteiger partial charge in [0.25, 0.3) is 11.7 Å². The zero-order valence-electron chi connectivity index (χ0n) is 11.7. The summed E-state index contributed by atoms with van der Waals surface area (Å²) in [6.45, 7) is 0.620. The lowest BCUT2D eigenvalue weighted by Crippen LogP contribution is -2.32. The number of carbonyl (C=O) groups is 1. The maximum absolute atomic E-state index is 12.7. The van der Waals surface area contributed by atoms with E-state index in [1.54, 1.807) is 35.6 Å². The van der Waals surface area contributed by atoms with Gasteiger partial charge in [-0.25, -0.2) is 0 Å². The number of benzene rings is 1. The Morgan fingerprint density at radius 3 is 2.55 bits per heavy atom. The van der Waals surface area contributed by atoms with E-state index >= 15 is 0 Å². The van der Waals surface area contributed by atoms with Crippen LogP contribution in [-0.2, 0) is 6.54 Å². The molecule has 0 aliphatic heterocycles. The van der Waals surface area contributed by atoms with E-state index in [9.17, 15) is 13.6 Å². The van der Waals surface area contributed by atoms with Crippen LogP contribution in [0.15, 0.2) is 46.7 Å². The molecule has 0 N–H and O–H groups in total. The number of rotatable bonds is 6. The molecule has 1 amide bonds. The first-order valence-electron chi connectivity index (χ1n) is 7.02. The summed E-state index contributed by atoms with van der Waals surface area (Å²) in [5.74, 6) is -2.46. The molecule has 1 fully saturated rings. The molecule has 1 aliphatic rings. The number of thiophene rings is 1. The standard InChI is InChI=1S/C16H15F2NOS2/c17-16(18)22-13-7-3-11(4-8-13)15(20)19(12-5-6-12)10-14-2-1-9-21-14/h1-4,7-9,12,16H,5-6,10H2. The fraction of sp³-hybridized carbons (Fsp3) is 0.312. The maximum Gasteiger partial charge on any atom is 0.288 e. The van der Waals surface area contributed by atoms with E-state index in [1.165, 1.54) is 0 Å². The van der Waals surface area contributed by atoms with E-state index in [-0.39, 0.29) is 5.91 Å². The Balaban J connectivity index is 1.72. The molecular weight excluding hydrogens is 324 g/mol. The molecule has 1 aromatic carbocycles. The van der Waals surface area contributed by atoms with E-state index < -0.39 is 5.76 Å². The van der Waals surface area contributed by atoms with Crippen molar-refractivity contribution in [3.05, 3.63) is 52.2 Å². The summed E-state index contributed by atoms with van der Waals surface area (Å²) in [5, 5.41) is 2.00. The Hall–Kier alpha value is -1.40. The highest BCUT2D eigenvalue weighted by Gasteiger charge is 2.33. The largest absolute Gasteiger partial charge is 0.331 e. The monoisotopic (exact) mass is 339 g/mol. The fourth-order valence-corrected chi connectivity index (χ4v) is 3.47. The molecule has 1 heterocycles. The molecule has 3 rings (SSSR count). The van der Waals surface area contributed by atoms with Gasteiger partial charge in [0.2, 0.25) is 0 Å². The molecule has 2 nitrogen and oxygen atoms in total. The normalized spacial score (nSPS) is 14.3. The van der Waals surface area contributed by atoms with Crippen molar-refractivity contribution in [1.82, 2.24) is 4.90 Å². The minimum absolute atomic E-state index is 0.0236. The lowest BCUT2D eigenvalue weighted by atomic mass is 10.2. The molecule has 1 aromatic heterocycles. The molecule has 116 valence electrons. The zero-order chi connectivity index (χ0) is 15.5. The summed E-state index contributed by atoms with van der Waals surface area (Å²) < 4.78 is 24.6. The zero-order valence-corrected chi connectivity index (χ0v) is 13.4. The van der Waals surface area contributed by atoms with Gasteiger partial charge in [-0.05, 0) is 48.6 Å². The molecule has 0 saturated heterocycles. The number of nitrogens with zero attached hydrogens (tertiary/aromatic N) is 1. The lowest BCUT2D eigenvalue weighted by Gasteiger charge is -2.22. The van der Waals surface area contributed by atoms with Gasteiger partial charge in [0, 0.05) is 21.4 Å². The molecule has 1 aliphatic carbocycles. The maximum atomic E-state index is 12.7. The van der Waals surface area contributed by atoms with Crippen LogP contribution in [-0.4, -0.2) is 22.6 Å². The van der Waals surface area contributed by atoms with Gasteiger partial charge in [-0.15, -0.1) is 11.3 Å². The van der Waals surface area contributed by atoms with Crippen molar-refractivity contribution in [2.75, 3.05) is 0 Å². The van der Waals surface area contributed by atoms with Crippen LogP contribution in [0.1, 0.15) is 28.1 Å². The third-order valence-corrected chi connectivity index (χ3v) is 5.06. The number of halogens is 2. The highest BCUT2D eigenvalue weighted by atomic mass is 32.2. The second kappa shape index (κ2) is 6.79. The van der Waals surface area contributed by atoms with Crippen molar-refractivity contribution in [2.24, 2.45) is 0 Å². The summed E-state index contributed by atoms with van der Waals surface area (Å²) in [6.07, 6.45) is 2.08. The molecular formula is C16H15F2NOS2. The third kappa shape index (κ3) is 3.87. The van der Waals surface area contributed by atoms with Crippen molar-refractivity contribution in [3.8, 4) is 0 Å². The fourth-order valence-electron chi connectivity index (χ4n) is 2.27. The van der Waals surface area contributed by atoms with Gasteiger partial charge in [-0.2, -0.15) is 8.78 Å². The van der Waals surface area contributed by atoms with Crippen molar-refractivity contribution in [2.45, 2.75) is 36.1 Å². The van der Waals surface area contributed by atoms with Crippen LogP contribution in [0, 0.1) is 0 Å². The first kappa shape index (κ1) is 15.5. The Morgan fingerprint density at radius 1 is 1.27 bits per heavy atom. The minimum atomic E-state index is -2.44. The molecule has 0 spiro atoms. The second-order valence-corrected chi connectivity index (χ2v) is 7.24. The molecule has 22 heavy (non-hydrogen) atoms. The number of carbonyl (C=O) groups excluding carboxylic acids is 1. The van der Waals surface area contributed by atoms with Gasteiger partial charge >= 0.3 is 0 Å². The average Bonchev–Trinajstić information content (AvgIpc) is 3.21. The van der Waals surface area contributed by atoms with Gasteiger partial charge in [0.05, 0.1) is 6.54 Å². The van der Waals surface area contributed by atoms with Gasteiger partial charge in [-0.1, -0.05) is 17.8 Å². The summed E-state index contributed by atoms with van der Waals surface area (Å²) in [5.41, 5.74) is 0.557. The Bertz CT molecular complexity index is 624. The summed E-state index contributed by atoms with van der Waals surface area (Å²) in [4.78, 5) is 16.2. The third-order valence-electron chi connectivity index (χ3n) is 3.48. The van der Waals surface area contributed by atoms with Gasteiger partial charge < -0.3 is 4.90 Å². The van der Waals surface area contributed by atoms with Crippen LogP contribution in [0.25, 0.3) is 0 Å². The van der Waals surface area contributed by atoms with Gasteiger partial charge in [-0.3, -0.25) is 4.79 Å². The summed E-state index contributed by atoms with van der Waals surface area (Å²) in [7, 11) is 0. The topological polar surface area (TPSA) is 20.3 Å². The van der Waals surface area contributed by atoms with Crippen molar-refractivity contribution < 1.29 is 13.6 Å². The highest BCUT2D eigenvalue weighted by Crippen LogP contribution is 2.31. The number of alkyl halides is 2. The van der Waals surface area contributed by atoms with E-state index in [0.717, 1.165) is 17.7 Å². The average molecular weight is 339 g/mol. The number of amides is 1. The number of thioether (sulfide) groups is 1.